The second kappa shape index (κ2) is 7.00. The molecule has 0 aliphatic carbocycles. The van der Waals surface area contributed by atoms with Crippen molar-refractivity contribution >= 4 is 27.2 Å². The third kappa shape index (κ3) is 3.11. The first-order chi connectivity index (χ1) is 14.5. The summed E-state index contributed by atoms with van der Waals surface area (Å²) in [6, 6.07) is 11.1. The smallest absolute Gasteiger partial charge is 0.263 e. The minimum Gasteiger partial charge on any atom is -0.293 e. The van der Waals surface area contributed by atoms with Crippen molar-refractivity contribution in [2.75, 3.05) is 0 Å². The van der Waals surface area contributed by atoms with Gasteiger partial charge in [-0.25, -0.2) is 14.4 Å². The van der Waals surface area contributed by atoms with Crippen LogP contribution in [0.2, 0.25) is 0 Å². The zero-order chi connectivity index (χ0) is 20.8. The normalized spacial score (nSPS) is 11.4. The van der Waals surface area contributed by atoms with Crippen LogP contribution in [0.3, 0.4) is 0 Å². The summed E-state index contributed by atoms with van der Waals surface area (Å²) < 4.78 is 16.2. The van der Waals surface area contributed by atoms with E-state index in [1.54, 1.807) is 24.4 Å². The summed E-state index contributed by atoms with van der Waals surface area (Å²) in [5.41, 5.74) is 2.98. The van der Waals surface area contributed by atoms with Crippen molar-refractivity contribution in [2.24, 2.45) is 0 Å². The van der Waals surface area contributed by atoms with E-state index in [9.17, 15) is 14.0 Å². The van der Waals surface area contributed by atoms with Crippen molar-refractivity contribution in [1.82, 2.24) is 18.9 Å². The van der Waals surface area contributed by atoms with E-state index >= 15 is 0 Å². The van der Waals surface area contributed by atoms with E-state index < -0.39 is 0 Å². The van der Waals surface area contributed by atoms with Gasteiger partial charge in [0.2, 0.25) is 0 Å². The Morgan fingerprint density at radius 3 is 2.70 bits per heavy atom. The number of thiophene rings is 1. The highest BCUT2D eigenvalue weighted by Gasteiger charge is 2.14. The first-order valence-corrected chi connectivity index (χ1v) is 10.1. The van der Waals surface area contributed by atoms with Gasteiger partial charge in [-0.2, -0.15) is 0 Å². The van der Waals surface area contributed by atoms with Crippen LogP contribution in [0, 0.1) is 12.7 Å². The molecule has 0 bridgehead atoms. The van der Waals surface area contributed by atoms with Crippen molar-refractivity contribution < 1.29 is 4.39 Å². The summed E-state index contributed by atoms with van der Waals surface area (Å²) in [5, 5.41) is 2.32. The molecule has 4 heterocycles. The molecule has 0 saturated carbocycles. The van der Waals surface area contributed by atoms with Crippen LogP contribution in [-0.4, -0.2) is 18.9 Å². The molecule has 0 fully saturated rings. The van der Waals surface area contributed by atoms with E-state index in [1.807, 2.05) is 18.4 Å². The Hall–Kier alpha value is -3.65. The molecule has 148 valence electrons. The highest BCUT2D eigenvalue weighted by molar-refractivity contribution is 7.17. The third-order valence-corrected chi connectivity index (χ3v) is 5.80. The van der Waals surface area contributed by atoms with E-state index in [2.05, 4.69) is 9.97 Å². The second-order valence-electron chi connectivity index (χ2n) is 7.03. The average Bonchev–Trinajstić information content (AvgIpc) is 3.16. The Morgan fingerprint density at radius 1 is 1.10 bits per heavy atom. The minimum atomic E-state index is -0.335. The van der Waals surface area contributed by atoms with Gasteiger partial charge in [-0.05, 0) is 36.2 Å². The van der Waals surface area contributed by atoms with Gasteiger partial charge in [-0.15, -0.1) is 11.3 Å². The highest BCUT2D eigenvalue weighted by atomic mass is 32.1. The zero-order valence-electron chi connectivity index (χ0n) is 15.9. The first-order valence-electron chi connectivity index (χ1n) is 9.21. The molecule has 6 nitrogen and oxygen atoms in total. The summed E-state index contributed by atoms with van der Waals surface area (Å²) >= 11 is 1.36. The van der Waals surface area contributed by atoms with Gasteiger partial charge >= 0.3 is 0 Å². The molecule has 0 amide bonds. The van der Waals surface area contributed by atoms with Crippen LogP contribution in [0.25, 0.3) is 27.0 Å². The van der Waals surface area contributed by atoms with Crippen molar-refractivity contribution in [3.63, 3.8) is 0 Å². The number of nitrogens with zero attached hydrogens (tertiary/aromatic N) is 4. The van der Waals surface area contributed by atoms with E-state index in [1.165, 1.54) is 44.8 Å². The molecule has 1 aromatic carbocycles. The van der Waals surface area contributed by atoms with Gasteiger partial charge in [0.1, 0.15) is 16.3 Å². The fraction of sp³-hybridized carbons (Fsp3) is 0.0909. The van der Waals surface area contributed by atoms with E-state index in [0.29, 0.717) is 27.1 Å². The van der Waals surface area contributed by atoms with Gasteiger partial charge in [0.15, 0.2) is 0 Å². The van der Waals surface area contributed by atoms with Gasteiger partial charge in [0, 0.05) is 23.2 Å². The standard InChI is InChI=1S/C22H15FN4O2S/c1-13-2-7-18-25-16(8-19(28)27(18)9-13)10-26-12-24-21-20(22(26)29)17(11-30-21)14-3-5-15(23)6-4-14/h2-9,11-12H,10H2,1H3. The molecule has 5 aromatic rings. The second-order valence-corrected chi connectivity index (χ2v) is 7.89. The number of pyridine rings is 1. The molecule has 0 radical (unpaired) electrons. The molecule has 0 aliphatic heterocycles. The Balaban J connectivity index is 1.61. The van der Waals surface area contributed by atoms with Crippen molar-refractivity contribution in [1.29, 1.82) is 0 Å². The van der Waals surface area contributed by atoms with Crippen LogP contribution in [0.1, 0.15) is 11.3 Å². The highest BCUT2D eigenvalue weighted by Crippen LogP contribution is 2.30. The van der Waals surface area contributed by atoms with Crippen molar-refractivity contribution in [3.8, 4) is 11.1 Å². The van der Waals surface area contributed by atoms with Crippen molar-refractivity contribution in [3.05, 3.63) is 98.2 Å². The monoisotopic (exact) mass is 418 g/mol. The Bertz CT molecular complexity index is 1530. The molecule has 0 aliphatic rings. The Morgan fingerprint density at radius 2 is 1.90 bits per heavy atom. The molecule has 0 unspecified atom stereocenters. The molecule has 5 rings (SSSR count). The summed E-state index contributed by atoms with van der Waals surface area (Å²) in [7, 11) is 0. The maximum absolute atomic E-state index is 13.3. The molecule has 0 N–H and O–H groups in total. The number of hydrogen-bond donors (Lipinski definition) is 0. The lowest BCUT2D eigenvalue weighted by Crippen LogP contribution is -2.23. The fourth-order valence-corrected chi connectivity index (χ4v) is 4.34. The summed E-state index contributed by atoms with van der Waals surface area (Å²) in [6.45, 7) is 2.03. The molecular weight excluding hydrogens is 403 g/mol. The van der Waals surface area contributed by atoms with Gasteiger partial charge in [0.25, 0.3) is 11.1 Å². The summed E-state index contributed by atoms with van der Waals surface area (Å²) in [6.07, 6.45) is 3.20. The number of fused-ring (bicyclic) bond motifs is 2. The maximum atomic E-state index is 13.3. The lowest BCUT2D eigenvalue weighted by atomic mass is 10.1. The van der Waals surface area contributed by atoms with Crippen molar-refractivity contribution in [2.45, 2.75) is 13.5 Å². The molecule has 0 atom stereocenters. The van der Waals surface area contributed by atoms with Crippen LogP contribution in [0.4, 0.5) is 4.39 Å². The number of aromatic nitrogens is 4. The number of halogens is 1. The molecule has 30 heavy (non-hydrogen) atoms. The third-order valence-electron chi connectivity index (χ3n) is 4.91. The van der Waals surface area contributed by atoms with Crippen LogP contribution in [-0.2, 0) is 6.54 Å². The fourth-order valence-electron chi connectivity index (χ4n) is 3.44. The molecular formula is C22H15FN4O2S. The average molecular weight is 418 g/mol. The lowest BCUT2D eigenvalue weighted by molar-refractivity contribution is 0.628. The maximum Gasteiger partial charge on any atom is 0.263 e. The van der Waals surface area contributed by atoms with Gasteiger partial charge in [-0.1, -0.05) is 18.2 Å². The number of hydrogen-bond acceptors (Lipinski definition) is 5. The SMILES string of the molecule is Cc1ccc2nc(Cn3cnc4scc(-c5ccc(F)cc5)c4c3=O)cc(=O)n2c1. The van der Waals surface area contributed by atoms with Gasteiger partial charge in [0.05, 0.1) is 24.0 Å². The molecule has 0 saturated heterocycles. The topological polar surface area (TPSA) is 69.3 Å². The molecule has 8 heteroatoms. The largest absolute Gasteiger partial charge is 0.293 e. The number of rotatable bonds is 3. The minimum absolute atomic E-state index is 0.125. The van der Waals surface area contributed by atoms with E-state index in [-0.39, 0.29) is 23.5 Å². The first kappa shape index (κ1) is 18.4. The summed E-state index contributed by atoms with van der Waals surface area (Å²) in [4.78, 5) is 35.2. The van der Waals surface area contributed by atoms with Gasteiger partial charge in [-0.3, -0.25) is 18.6 Å². The molecule has 4 aromatic heterocycles. The predicted octanol–water partition coefficient (Wildman–Crippen LogP) is 3.63. The molecule has 0 spiro atoms. The lowest BCUT2D eigenvalue weighted by Gasteiger charge is -2.08. The van der Waals surface area contributed by atoms with E-state index in [0.717, 1.165) is 11.1 Å². The van der Waals surface area contributed by atoms with Crippen LogP contribution in [0.5, 0.6) is 0 Å². The van der Waals surface area contributed by atoms with E-state index in [4.69, 9.17) is 0 Å². The number of aryl methyl sites for hydroxylation is 1. The van der Waals surface area contributed by atoms with Crippen LogP contribution < -0.4 is 11.1 Å². The number of benzene rings is 1. The van der Waals surface area contributed by atoms with Crippen LogP contribution >= 0.6 is 11.3 Å². The summed E-state index contributed by atoms with van der Waals surface area (Å²) in [5.74, 6) is -0.335. The van der Waals surface area contributed by atoms with Crippen LogP contribution in [0.15, 0.2) is 70.0 Å². The Labute approximate surface area is 173 Å². The quantitative estimate of drug-likeness (QED) is 0.449. The predicted molar refractivity (Wildman–Crippen MR) is 115 cm³/mol. The van der Waals surface area contributed by atoms with Gasteiger partial charge < -0.3 is 0 Å². The Kier molecular flexibility index (Phi) is 4.29. The zero-order valence-corrected chi connectivity index (χ0v) is 16.7.